The van der Waals surface area contributed by atoms with Crippen LogP contribution in [0.4, 0.5) is 5.69 Å². The molecule has 1 aromatic heterocycles. The first-order chi connectivity index (χ1) is 23.3. The molecule has 5 aliphatic rings. The van der Waals surface area contributed by atoms with Gasteiger partial charge in [0.1, 0.15) is 0 Å². The molecule has 1 amide bonds. The van der Waals surface area contributed by atoms with E-state index in [0.29, 0.717) is 37.2 Å². The van der Waals surface area contributed by atoms with E-state index in [1.54, 1.807) is 13.2 Å². The number of carbonyl (C=O) groups excluding carboxylic acids is 2. The van der Waals surface area contributed by atoms with E-state index in [2.05, 4.69) is 34.4 Å². The van der Waals surface area contributed by atoms with Crippen molar-refractivity contribution in [2.75, 3.05) is 51.8 Å². The molecule has 49 heavy (non-hydrogen) atoms. The monoisotopic (exact) mass is 707 g/mol. The summed E-state index contributed by atoms with van der Waals surface area (Å²) in [5.74, 6) is 1.67. The Hall–Kier alpha value is -2.95. The maximum atomic E-state index is 12.9. The van der Waals surface area contributed by atoms with Crippen LogP contribution in [-0.2, 0) is 32.6 Å². The SMILES string of the molecule is CCC(=O)N(c1ccccc1)C1(COC)CCN(CCc2cccs2)CC1.CN1CC[C@]23c4c5ccc(O)c4O[C@H]2C(=O)CC[C@H]3[C@H]1C5.Cl. The molecule has 1 saturated carbocycles. The van der Waals surface area contributed by atoms with Crippen molar-refractivity contribution in [2.45, 2.75) is 81.4 Å². The van der Waals surface area contributed by atoms with Gasteiger partial charge in [0.25, 0.3) is 0 Å². The average Bonchev–Trinajstić information content (AvgIpc) is 3.76. The van der Waals surface area contributed by atoms with Crippen molar-refractivity contribution in [2.24, 2.45) is 5.92 Å². The molecule has 8 rings (SSSR count). The zero-order chi connectivity index (χ0) is 33.5. The number of anilines is 1. The molecule has 4 heterocycles. The summed E-state index contributed by atoms with van der Waals surface area (Å²) >= 11 is 1.83. The number of piperidine rings is 2. The first-order valence-corrected chi connectivity index (χ1v) is 18.6. The third kappa shape index (κ3) is 6.31. The Bertz CT molecular complexity index is 1610. The van der Waals surface area contributed by atoms with E-state index < -0.39 is 0 Å². The second-order valence-corrected chi connectivity index (χ2v) is 15.4. The van der Waals surface area contributed by atoms with E-state index in [9.17, 15) is 14.7 Å². The second-order valence-electron chi connectivity index (χ2n) is 14.3. The summed E-state index contributed by atoms with van der Waals surface area (Å²) in [4.78, 5) is 33.8. The Morgan fingerprint density at radius 2 is 1.86 bits per heavy atom. The van der Waals surface area contributed by atoms with Gasteiger partial charge in [-0.15, -0.1) is 23.7 Å². The molecule has 0 unspecified atom stereocenters. The zero-order valence-corrected chi connectivity index (χ0v) is 30.6. The van der Waals surface area contributed by atoms with Crippen molar-refractivity contribution in [3.05, 3.63) is 76.0 Å². The van der Waals surface area contributed by atoms with Crippen LogP contribution >= 0.6 is 23.7 Å². The molecule has 4 atom stereocenters. The Kier molecular flexibility index (Phi) is 10.8. The van der Waals surface area contributed by atoms with E-state index in [0.717, 1.165) is 76.0 Å². The predicted molar refractivity (Wildman–Crippen MR) is 196 cm³/mol. The third-order valence-corrected chi connectivity index (χ3v) is 12.8. The lowest BCUT2D eigenvalue weighted by Gasteiger charge is -2.57. The van der Waals surface area contributed by atoms with E-state index in [1.807, 2.05) is 59.6 Å². The number of phenolic OH excluding ortho intramolecular Hbond substituents is 1. The molecule has 10 heteroatoms. The molecular weight excluding hydrogens is 658 g/mol. The quantitative estimate of drug-likeness (QED) is 0.296. The molecule has 2 aromatic carbocycles. The summed E-state index contributed by atoms with van der Waals surface area (Å²) in [5, 5.41) is 12.3. The molecule has 0 radical (unpaired) electrons. The number of hydrogen-bond acceptors (Lipinski definition) is 8. The number of hydrogen-bond donors (Lipinski definition) is 1. The first kappa shape index (κ1) is 35.9. The van der Waals surface area contributed by atoms with Gasteiger partial charge in [0.15, 0.2) is 23.4 Å². The Balaban J connectivity index is 0.000000171. The summed E-state index contributed by atoms with van der Waals surface area (Å²) in [5.41, 5.74) is 2.98. The van der Waals surface area contributed by atoms with E-state index in [-0.39, 0.29) is 46.9 Å². The summed E-state index contributed by atoms with van der Waals surface area (Å²) in [7, 11) is 3.94. The van der Waals surface area contributed by atoms with E-state index >= 15 is 0 Å². The Labute approximate surface area is 300 Å². The van der Waals surface area contributed by atoms with Gasteiger partial charge in [-0.1, -0.05) is 37.3 Å². The number of phenols is 1. The molecule has 264 valence electrons. The molecule has 3 aromatic rings. The van der Waals surface area contributed by atoms with Gasteiger partial charge in [0, 0.05) is 67.2 Å². The minimum Gasteiger partial charge on any atom is -0.504 e. The molecule has 8 nitrogen and oxygen atoms in total. The molecule has 1 spiro atoms. The number of ether oxygens (including phenoxy) is 2. The smallest absolute Gasteiger partial charge is 0.227 e. The van der Waals surface area contributed by atoms with Gasteiger partial charge in [-0.2, -0.15) is 0 Å². The van der Waals surface area contributed by atoms with Crippen LogP contribution in [0.15, 0.2) is 60.0 Å². The number of methoxy groups -OCH3 is 1. The number of rotatable bonds is 8. The number of likely N-dealkylation sites (tertiary alicyclic amines) is 2. The van der Waals surface area contributed by atoms with Crippen LogP contribution in [0.25, 0.3) is 0 Å². The standard InChI is InChI=1S/C22H30N2O2S.C17H19NO3.ClH/c1-3-21(25)24(19-8-5-4-6-9-19)22(18-26-2)12-15-23(16-13-22)14-11-20-10-7-17-27-20;1-18-7-6-17-10-3-5-13(20)16(17)21-15-12(19)4-2-9(14(15)17)8-11(10)18;/h4-10,17H,3,11-16,18H2,1-2H3;2,4,10-11,16,19H,3,5-8H2,1H3;1H/t;10-,11+,16-,17-;/m.0./s1. The fraction of sp³-hybridized carbons (Fsp3) is 0.538. The van der Waals surface area contributed by atoms with Crippen LogP contribution in [0.5, 0.6) is 11.5 Å². The Morgan fingerprint density at radius 3 is 2.55 bits per heavy atom. The second kappa shape index (κ2) is 14.7. The fourth-order valence-electron chi connectivity index (χ4n) is 9.56. The van der Waals surface area contributed by atoms with Crippen LogP contribution in [0.2, 0.25) is 0 Å². The summed E-state index contributed by atoms with van der Waals surface area (Å²) in [6, 6.07) is 18.7. The minimum absolute atomic E-state index is 0. The molecular formula is C39H50ClN3O5S. The number of benzene rings is 2. The zero-order valence-electron chi connectivity index (χ0n) is 28.9. The highest BCUT2D eigenvalue weighted by atomic mass is 35.5. The van der Waals surface area contributed by atoms with Crippen molar-refractivity contribution in [1.82, 2.24) is 9.80 Å². The third-order valence-electron chi connectivity index (χ3n) is 11.9. The number of Topliss-reactive ketones (excluding diaryl/α,β-unsaturated/α-hetero) is 1. The Morgan fingerprint density at radius 1 is 1.08 bits per heavy atom. The molecule has 3 fully saturated rings. The molecule has 1 N–H and O–H groups in total. The number of halogens is 1. The number of ketones is 1. The van der Waals surface area contributed by atoms with Gasteiger partial charge < -0.3 is 29.3 Å². The van der Waals surface area contributed by atoms with Crippen LogP contribution in [0, 0.1) is 5.92 Å². The minimum atomic E-state index is -0.366. The average molecular weight is 708 g/mol. The maximum absolute atomic E-state index is 12.9. The molecule has 2 bridgehead atoms. The number of thiophene rings is 1. The highest BCUT2D eigenvalue weighted by molar-refractivity contribution is 7.09. The molecule has 2 saturated heterocycles. The summed E-state index contributed by atoms with van der Waals surface area (Å²) < 4.78 is 11.7. The largest absolute Gasteiger partial charge is 0.504 e. The van der Waals surface area contributed by atoms with Crippen molar-refractivity contribution < 1.29 is 24.2 Å². The van der Waals surface area contributed by atoms with Crippen LogP contribution in [0.3, 0.4) is 0 Å². The number of carbonyl (C=O) groups is 2. The molecule has 2 aliphatic carbocycles. The van der Waals surface area contributed by atoms with E-state index in [4.69, 9.17) is 9.47 Å². The first-order valence-electron chi connectivity index (χ1n) is 17.7. The summed E-state index contributed by atoms with van der Waals surface area (Å²) in [6.07, 6.45) is 6.66. The van der Waals surface area contributed by atoms with Gasteiger partial charge in [0.2, 0.25) is 5.91 Å². The predicted octanol–water partition coefficient (Wildman–Crippen LogP) is 6.27. The maximum Gasteiger partial charge on any atom is 0.227 e. The lowest BCUT2D eigenvalue weighted by Crippen LogP contribution is -2.65. The topological polar surface area (TPSA) is 82.6 Å². The van der Waals surface area contributed by atoms with Gasteiger partial charge in [-0.05, 0) is 93.2 Å². The normalized spacial score (nSPS) is 26.4. The van der Waals surface area contributed by atoms with Crippen molar-refractivity contribution in [3.8, 4) is 11.5 Å². The lowest BCUT2D eigenvalue weighted by atomic mass is 9.52. The van der Waals surface area contributed by atoms with Crippen LogP contribution in [0.1, 0.15) is 61.5 Å². The molecule has 3 aliphatic heterocycles. The number of aromatic hydroxyl groups is 1. The lowest BCUT2D eigenvalue weighted by molar-refractivity contribution is -0.138. The number of amides is 1. The summed E-state index contributed by atoms with van der Waals surface area (Å²) in [6.45, 7) is 6.59. The van der Waals surface area contributed by atoms with Gasteiger partial charge in [0.05, 0.1) is 12.1 Å². The van der Waals surface area contributed by atoms with Crippen molar-refractivity contribution in [1.29, 1.82) is 0 Å². The highest BCUT2D eigenvalue weighted by Crippen LogP contribution is 2.62. The number of para-hydroxylation sites is 1. The van der Waals surface area contributed by atoms with Crippen molar-refractivity contribution in [3.63, 3.8) is 0 Å². The fourth-order valence-corrected chi connectivity index (χ4v) is 10.3. The van der Waals surface area contributed by atoms with Gasteiger partial charge in [-0.3, -0.25) is 9.59 Å². The van der Waals surface area contributed by atoms with Crippen LogP contribution in [-0.4, -0.2) is 91.2 Å². The van der Waals surface area contributed by atoms with Gasteiger partial charge >= 0.3 is 0 Å². The van der Waals surface area contributed by atoms with Crippen molar-refractivity contribution >= 4 is 41.1 Å². The number of likely N-dealkylation sites (N-methyl/N-ethyl adjacent to an activating group) is 1. The number of nitrogens with zero attached hydrogens (tertiary/aromatic N) is 3. The van der Waals surface area contributed by atoms with Gasteiger partial charge in [-0.25, -0.2) is 0 Å². The van der Waals surface area contributed by atoms with Crippen LogP contribution < -0.4 is 9.64 Å². The highest BCUT2D eigenvalue weighted by Gasteiger charge is 2.65. The van der Waals surface area contributed by atoms with E-state index in [1.165, 1.54) is 10.4 Å².